The van der Waals surface area contributed by atoms with Crippen LogP contribution in [0.4, 0.5) is 14.6 Å². The van der Waals surface area contributed by atoms with E-state index in [0.717, 1.165) is 18.6 Å². The van der Waals surface area contributed by atoms with Crippen molar-refractivity contribution in [3.05, 3.63) is 41.9 Å². The molecule has 2 aromatic rings. The molecule has 4 N–H and O–H groups in total. The lowest BCUT2D eigenvalue weighted by molar-refractivity contribution is 0.215. The van der Waals surface area contributed by atoms with E-state index >= 15 is 0 Å². The summed E-state index contributed by atoms with van der Waals surface area (Å²) in [5.74, 6) is -1.76. The summed E-state index contributed by atoms with van der Waals surface area (Å²) in [6.45, 7) is 1.42. The van der Waals surface area contributed by atoms with Crippen LogP contribution in [-0.2, 0) is 0 Å². The highest BCUT2D eigenvalue weighted by Crippen LogP contribution is 2.27. The van der Waals surface area contributed by atoms with E-state index in [-0.39, 0.29) is 22.6 Å². The first kappa shape index (κ1) is 15.1. The Morgan fingerprint density at radius 1 is 1.24 bits per heavy atom. The van der Waals surface area contributed by atoms with E-state index in [2.05, 4.69) is 9.97 Å². The van der Waals surface area contributed by atoms with Gasteiger partial charge in [-0.25, -0.2) is 13.8 Å². The van der Waals surface area contributed by atoms with E-state index in [0.29, 0.717) is 0 Å². The van der Waals surface area contributed by atoms with Crippen LogP contribution in [-0.4, -0.2) is 27.1 Å². The third kappa shape index (κ3) is 3.26. The van der Waals surface area contributed by atoms with E-state index in [1.165, 1.54) is 13.0 Å². The fraction of sp³-hybridized carbons (Fsp3) is 0.167. The Hall–Kier alpha value is -2.26. The molecule has 6 nitrogen and oxygen atoms in total. The SMILES string of the molecule is C[C@@H](Oc1cc(B(O)O)cnc1N)c1c(F)cncc1F. The molecule has 2 aromatic heterocycles. The van der Waals surface area contributed by atoms with Crippen LogP contribution in [0.3, 0.4) is 0 Å². The molecule has 2 heterocycles. The van der Waals surface area contributed by atoms with Crippen molar-refractivity contribution >= 4 is 18.4 Å². The predicted molar refractivity (Wildman–Crippen MR) is 71.7 cm³/mol. The van der Waals surface area contributed by atoms with Gasteiger partial charge in [-0.1, -0.05) is 0 Å². The second-order valence-corrected chi connectivity index (χ2v) is 4.30. The van der Waals surface area contributed by atoms with Crippen LogP contribution in [0.2, 0.25) is 0 Å². The first-order valence-corrected chi connectivity index (χ1v) is 5.97. The summed E-state index contributed by atoms with van der Waals surface area (Å²) in [5, 5.41) is 18.1. The Labute approximate surface area is 119 Å². The Balaban J connectivity index is 2.31. The monoisotopic (exact) mass is 295 g/mol. The second kappa shape index (κ2) is 6.02. The third-order valence-corrected chi connectivity index (χ3v) is 2.80. The molecule has 0 aromatic carbocycles. The van der Waals surface area contributed by atoms with E-state index in [1.807, 2.05) is 0 Å². The van der Waals surface area contributed by atoms with Crippen molar-refractivity contribution < 1.29 is 23.6 Å². The fourth-order valence-electron chi connectivity index (χ4n) is 1.76. The maximum atomic E-state index is 13.6. The number of pyridine rings is 2. The molecule has 9 heteroatoms. The van der Waals surface area contributed by atoms with Gasteiger partial charge in [-0.2, -0.15) is 0 Å². The predicted octanol–water partition coefficient (Wildman–Crippen LogP) is 0.157. The smallest absolute Gasteiger partial charge is 0.482 e. The van der Waals surface area contributed by atoms with Gasteiger partial charge in [0.05, 0.1) is 18.0 Å². The van der Waals surface area contributed by atoms with E-state index in [9.17, 15) is 8.78 Å². The molecule has 0 bridgehead atoms. The summed E-state index contributed by atoms with van der Waals surface area (Å²) in [4.78, 5) is 7.10. The van der Waals surface area contributed by atoms with Crippen molar-refractivity contribution in [2.45, 2.75) is 13.0 Å². The van der Waals surface area contributed by atoms with Gasteiger partial charge in [0.15, 0.2) is 23.2 Å². The number of hydrogen-bond acceptors (Lipinski definition) is 6. The van der Waals surface area contributed by atoms with Crippen molar-refractivity contribution in [1.82, 2.24) is 9.97 Å². The second-order valence-electron chi connectivity index (χ2n) is 4.30. The van der Waals surface area contributed by atoms with E-state index in [1.54, 1.807) is 0 Å². The van der Waals surface area contributed by atoms with Gasteiger partial charge in [0.25, 0.3) is 0 Å². The van der Waals surface area contributed by atoms with Gasteiger partial charge in [-0.15, -0.1) is 0 Å². The molecule has 0 saturated carbocycles. The topological polar surface area (TPSA) is 101 Å². The lowest BCUT2D eigenvalue weighted by atomic mass is 9.81. The number of aromatic nitrogens is 2. The Kier molecular flexibility index (Phi) is 4.34. The van der Waals surface area contributed by atoms with Gasteiger partial charge in [-0.3, -0.25) is 4.98 Å². The minimum absolute atomic E-state index is 0.0105. The molecule has 0 aliphatic heterocycles. The fourth-order valence-corrected chi connectivity index (χ4v) is 1.76. The Morgan fingerprint density at radius 3 is 2.43 bits per heavy atom. The van der Waals surface area contributed by atoms with Crippen molar-refractivity contribution in [2.75, 3.05) is 5.73 Å². The van der Waals surface area contributed by atoms with Crippen LogP contribution in [0.5, 0.6) is 5.75 Å². The van der Waals surface area contributed by atoms with Crippen molar-refractivity contribution in [3.63, 3.8) is 0 Å². The summed E-state index contributed by atoms with van der Waals surface area (Å²) < 4.78 is 32.6. The van der Waals surface area contributed by atoms with Crippen LogP contribution < -0.4 is 15.9 Å². The van der Waals surface area contributed by atoms with E-state index in [4.69, 9.17) is 20.5 Å². The van der Waals surface area contributed by atoms with Gasteiger partial charge in [0.1, 0.15) is 6.10 Å². The van der Waals surface area contributed by atoms with Gasteiger partial charge in [0, 0.05) is 11.7 Å². The average molecular weight is 295 g/mol. The Bertz CT molecular complexity index is 637. The standard InChI is InChI=1S/C12H12BF2N3O3/c1-6(11-8(14)4-17-5-9(11)15)21-10-2-7(13(19)20)3-18-12(10)16/h2-6,19-20H,1H3,(H2,16,18)/t6-/m1/s1. The van der Waals surface area contributed by atoms with Crippen LogP contribution in [0.25, 0.3) is 0 Å². The molecule has 0 amide bonds. The molecule has 0 radical (unpaired) electrons. The van der Waals surface area contributed by atoms with Gasteiger partial charge >= 0.3 is 7.12 Å². The summed E-state index contributed by atoms with van der Waals surface area (Å²) in [6, 6.07) is 1.24. The molecular weight excluding hydrogens is 283 g/mol. The van der Waals surface area contributed by atoms with Crippen LogP contribution >= 0.6 is 0 Å². The molecule has 21 heavy (non-hydrogen) atoms. The number of nitrogen functional groups attached to an aromatic ring is 1. The Morgan fingerprint density at radius 2 is 1.86 bits per heavy atom. The molecule has 1 atom stereocenters. The summed E-state index contributed by atoms with van der Waals surface area (Å²) >= 11 is 0. The van der Waals surface area contributed by atoms with Gasteiger partial charge < -0.3 is 20.5 Å². The highest BCUT2D eigenvalue weighted by Gasteiger charge is 2.21. The van der Waals surface area contributed by atoms with Crippen molar-refractivity contribution in [2.24, 2.45) is 0 Å². The number of hydrogen-bond donors (Lipinski definition) is 3. The molecule has 0 fully saturated rings. The molecular formula is C12H12BF2N3O3. The molecule has 0 saturated heterocycles. The minimum Gasteiger partial charge on any atom is -0.482 e. The maximum absolute atomic E-state index is 13.6. The number of rotatable bonds is 4. The lowest BCUT2D eigenvalue weighted by Crippen LogP contribution is -2.30. The summed E-state index contributed by atoms with van der Waals surface area (Å²) in [6.07, 6.45) is 1.88. The summed E-state index contributed by atoms with van der Waals surface area (Å²) in [5.41, 5.74) is 5.33. The van der Waals surface area contributed by atoms with Crippen molar-refractivity contribution in [1.29, 1.82) is 0 Å². The van der Waals surface area contributed by atoms with Crippen molar-refractivity contribution in [3.8, 4) is 5.75 Å². The highest BCUT2D eigenvalue weighted by molar-refractivity contribution is 6.58. The quantitative estimate of drug-likeness (QED) is 0.694. The normalized spacial score (nSPS) is 12.0. The number of halogens is 2. The number of ether oxygens (including phenoxy) is 1. The van der Waals surface area contributed by atoms with Crippen LogP contribution in [0.15, 0.2) is 24.7 Å². The first-order chi connectivity index (χ1) is 9.90. The minimum atomic E-state index is -1.76. The third-order valence-electron chi connectivity index (χ3n) is 2.80. The molecule has 2 rings (SSSR count). The van der Waals surface area contributed by atoms with E-state index < -0.39 is 24.9 Å². The van der Waals surface area contributed by atoms with Gasteiger partial charge in [0.2, 0.25) is 0 Å². The number of nitrogens with two attached hydrogens (primary N) is 1. The first-order valence-electron chi connectivity index (χ1n) is 5.97. The lowest BCUT2D eigenvalue weighted by Gasteiger charge is -2.17. The molecule has 0 spiro atoms. The largest absolute Gasteiger partial charge is 0.490 e. The van der Waals surface area contributed by atoms with Gasteiger partial charge in [-0.05, 0) is 13.0 Å². The average Bonchev–Trinajstić information content (AvgIpc) is 2.40. The molecule has 0 aliphatic carbocycles. The van der Waals surface area contributed by atoms with Crippen LogP contribution in [0, 0.1) is 11.6 Å². The zero-order valence-corrected chi connectivity index (χ0v) is 11.0. The van der Waals surface area contributed by atoms with Crippen LogP contribution in [0.1, 0.15) is 18.6 Å². The zero-order chi connectivity index (χ0) is 15.6. The molecule has 110 valence electrons. The number of anilines is 1. The summed E-state index contributed by atoms with van der Waals surface area (Å²) in [7, 11) is -1.76. The molecule has 0 aliphatic rings. The maximum Gasteiger partial charge on any atom is 0.490 e. The highest BCUT2D eigenvalue weighted by atomic mass is 19.1. The molecule has 0 unspecified atom stereocenters. The zero-order valence-electron chi connectivity index (χ0n) is 11.0. The number of nitrogens with zero attached hydrogens (tertiary/aromatic N) is 2.